The fourth-order valence-corrected chi connectivity index (χ4v) is 2.96. The summed E-state index contributed by atoms with van der Waals surface area (Å²) in [4.78, 5) is 25.5. The van der Waals surface area contributed by atoms with E-state index >= 15 is 0 Å². The van der Waals surface area contributed by atoms with Gasteiger partial charge in [0.1, 0.15) is 5.54 Å². The number of nitrogens with zero attached hydrogens (tertiary/aromatic N) is 3. The topological polar surface area (TPSA) is 93.2 Å². The van der Waals surface area contributed by atoms with Crippen LogP contribution in [-0.4, -0.2) is 45.1 Å². The number of nitrogens with two attached hydrogens (primary N) is 1. The summed E-state index contributed by atoms with van der Waals surface area (Å²) >= 11 is 5.87. The van der Waals surface area contributed by atoms with E-state index < -0.39 is 5.54 Å². The van der Waals surface area contributed by atoms with Crippen LogP contribution in [0.3, 0.4) is 0 Å². The molecule has 7 nitrogen and oxygen atoms in total. The molecule has 1 aromatic heterocycles. The first-order valence-electron chi connectivity index (χ1n) is 7.98. The van der Waals surface area contributed by atoms with Gasteiger partial charge in [0.15, 0.2) is 0 Å². The van der Waals surface area contributed by atoms with Crippen molar-refractivity contribution in [1.29, 1.82) is 0 Å². The van der Waals surface area contributed by atoms with Crippen LogP contribution in [0.2, 0.25) is 5.02 Å². The highest BCUT2D eigenvalue weighted by atomic mass is 35.5. The minimum atomic E-state index is -1.07. The lowest BCUT2D eigenvalue weighted by atomic mass is 9.99. The van der Waals surface area contributed by atoms with Crippen LogP contribution in [0.5, 0.6) is 0 Å². The third-order valence-corrected chi connectivity index (χ3v) is 4.60. The van der Waals surface area contributed by atoms with Crippen LogP contribution in [0.4, 0.5) is 5.69 Å². The molecule has 1 aromatic carbocycles. The van der Waals surface area contributed by atoms with Crippen molar-refractivity contribution in [3.63, 3.8) is 0 Å². The molecule has 0 bridgehead atoms. The zero-order valence-corrected chi connectivity index (χ0v) is 14.7. The van der Waals surface area contributed by atoms with Crippen molar-refractivity contribution in [2.75, 3.05) is 18.4 Å². The lowest BCUT2D eigenvalue weighted by Gasteiger charge is -2.22. The van der Waals surface area contributed by atoms with Crippen LogP contribution in [0.25, 0.3) is 0 Å². The fraction of sp³-hybridized carbons (Fsp3) is 0.353. The maximum absolute atomic E-state index is 12.5. The van der Waals surface area contributed by atoms with Gasteiger partial charge in [-0.3, -0.25) is 14.3 Å². The number of carbonyl (C=O) groups excluding carboxylic acids is 2. The number of carbonyl (C=O) groups is 2. The van der Waals surface area contributed by atoms with Crippen molar-refractivity contribution in [2.45, 2.75) is 25.4 Å². The first kappa shape index (κ1) is 17.4. The van der Waals surface area contributed by atoms with Crippen molar-refractivity contribution >= 4 is 29.1 Å². The molecule has 0 aliphatic carbocycles. The van der Waals surface area contributed by atoms with Gasteiger partial charge in [0.2, 0.25) is 11.8 Å². The van der Waals surface area contributed by atoms with E-state index in [0.29, 0.717) is 30.2 Å². The Balaban J connectivity index is 1.62. The first-order valence-corrected chi connectivity index (χ1v) is 8.36. The molecule has 1 atom stereocenters. The Labute approximate surface area is 150 Å². The van der Waals surface area contributed by atoms with E-state index in [2.05, 4.69) is 10.4 Å². The van der Waals surface area contributed by atoms with Crippen LogP contribution in [0, 0.1) is 0 Å². The molecule has 2 aromatic rings. The Hall–Kier alpha value is -2.38. The molecule has 0 radical (unpaired) electrons. The summed E-state index contributed by atoms with van der Waals surface area (Å²) in [6.07, 6.45) is 3.76. The first-order chi connectivity index (χ1) is 11.9. The fourth-order valence-electron chi connectivity index (χ4n) is 2.83. The molecule has 1 aliphatic heterocycles. The third-order valence-electron chi connectivity index (χ3n) is 4.35. The summed E-state index contributed by atoms with van der Waals surface area (Å²) in [7, 11) is 0. The van der Waals surface area contributed by atoms with Gasteiger partial charge in [-0.25, -0.2) is 0 Å². The van der Waals surface area contributed by atoms with E-state index in [0.717, 1.165) is 5.56 Å². The van der Waals surface area contributed by atoms with E-state index in [1.165, 1.54) is 6.92 Å². The molecular formula is C17H20ClN5O2. The van der Waals surface area contributed by atoms with Gasteiger partial charge < -0.3 is 16.0 Å². The number of halogens is 1. The Bertz CT molecular complexity index is 789. The van der Waals surface area contributed by atoms with Gasteiger partial charge in [-0.1, -0.05) is 23.7 Å². The largest absolute Gasteiger partial charge is 0.340 e. The number of rotatable bonds is 4. The summed E-state index contributed by atoms with van der Waals surface area (Å²) < 4.78 is 1.72. The van der Waals surface area contributed by atoms with E-state index in [1.54, 1.807) is 22.0 Å². The van der Waals surface area contributed by atoms with Gasteiger partial charge in [0.05, 0.1) is 18.4 Å². The molecule has 8 heteroatoms. The quantitative estimate of drug-likeness (QED) is 0.862. The predicted octanol–water partition coefficient (Wildman–Crippen LogP) is 1.47. The minimum Gasteiger partial charge on any atom is -0.340 e. The number of hydrogen-bond acceptors (Lipinski definition) is 4. The molecule has 1 aliphatic rings. The number of likely N-dealkylation sites (tertiary alicyclic amines) is 1. The zero-order chi connectivity index (χ0) is 18.0. The zero-order valence-electron chi connectivity index (χ0n) is 13.9. The number of benzene rings is 1. The van der Waals surface area contributed by atoms with E-state index in [1.807, 2.05) is 24.3 Å². The highest BCUT2D eigenvalue weighted by Gasteiger charge is 2.42. The molecule has 132 valence electrons. The number of amides is 2. The Kier molecular flexibility index (Phi) is 4.78. The molecule has 2 heterocycles. The molecule has 1 unspecified atom stereocenters. The highest BCUT2D eigenvalue weighted by Crippen LogP contribution is 2.21. The standard InChI is InChI=1S/C17H20ClN5O2/c1-12(24)22-7-6-17(19,11-22)16(25)21-15-8-20-23(10-15)9-13-2-4-14(18)5-3-13/h2-5,8,10H,6-7,9,11,19H2,1H3,(H,21,25). The molecule has 3 rings (SSSR count). The predicted molar refractivity (Wildman–Crippen MR) is 95.2 cm³/mol. The summed E-state index contributed by atoms with van der Waals surface area (Å²) in [5, 5.41) is 7.72. The smallest absolute Gasteiger partial charge is 0.246 e. The lowest BCUT2D eigenvalue weighted by Crippen LogP contribution is -2.53. The van der Waals surface area contributed by atoms with Crippen molar-refractivity contribution in [3.8, 4) is 0 Å². The van der Waals surface area contributed by atoms with Gasteiger partial charge in [-0.15, -0.1) is 0 Å². The van der Waals surface area contributed by atoms with Crippen LogP contribution < -0.4 is 11.1 Å². The molecule has 2 amide bonds. The second kappa shape index (κ2) is 6.85. The Morgan fingerprint density at radius 2 is 2.08 bits per heavy atom. The van der Waals surface area contributed by atoms with E-state index in [4.69, 9.17) is 17.3 Å². The molecule has 1 saturated heterocycles. The van der Waals surface area contributed by atoms with Crippen molar-refractivity contribution in [3.05, 3.63) is 47.2 Å². The molecule has 0 saturated carbocycles. The highest BCUT2D eigenvalue weighted by molar-refractivity contribution is 6.30. The summed E-state index contributed by atoms with van der Waals surface area (Å²) in [6, 6.07) is 7.49. The second-order valence-electron chi connectivity index (χ2n) is 6.35. The summed E-state index contributed by atoms with van der Waals surface area (Å²) in [6.45, 7) is 2.77. The average Bonchev–Trinajstić information content (AvgIpc) is 3.17. The van der Waals surface area contributed by atoms with Crippen LogP contribution >= 0.6 is 11.6 Å². The normalized spacial score (nSPS) is 19.9. The monoisotopic (exact) mass is 361 g/mol. The maximum Gasteiger partial charge on any atom is 0.246 e. The van der Waals surface area contributed by atoms with Gasteiger partial charge >= 0.3 is 0 Å². The number of hydrogen-bond donors (Lipinski definition) is 2. The van der Waals surface area contributed by atoms with Crippen molar-refractivity contribution in [1.82, 2.24) is 14.7 Å². The number of nitrogens with one attached hydrogen (secondary N) is 1. The maximum atomic E-state index is 12.5. The molecular weight excluding hydrogens is 342 g/mol. The van der Waals surface area contributed by atoms with Gasteiger partial charge in [0, 0.05) is 31.2 Å². The van der Waals surface area contributed by atoms with Crippen LogP contribution in [0.1, 0.15) is 18.9 Å². The Morgan fingerprint density at radius 1 is 1.36 bits per heavy atom. The van der Waals surface area contributed by atoms with Gasteiger partial charge in [-0.2, -0.15) is 5.10 Å². The number of anilines is 1. The van der Waals surface area contributed by atoms with Crippen LogP contribution in [0.15, 0.2) is 36.7 Å². The Morgan fingerprint density at radius 3 is 2.72 bits per heavy atom. The van der Waals surface area contributed by atoms with E-state index in [-0.39, 0.29) is 18.4 Å². The molecule has 3 N–H and O–H groups in total. The summed E-state index contributed by atoms with van der Waals surface area (Å²) in [5.41, 5.74) is 6.74. The van der Waals surface area contributed by atoms with Crippen molar-refractivity contribution in [2.24, 2.45) is 5.73 Å². The van der Waals surface area contributed by atoms with Gasteiger partial charge in [0.25, 0.3) is 0 Å². The van der Waals surface area contributed by atoms with Crippen LogP contribution in [-0.2, 0) is 16.1 Å². The summed E-state index contributed by atoms with van der Waals surface area (Å²) in [5.74, 6) is -0.377. The van der Waals surface area contributed by atoms with Gasteiger partial charge in [-0.05, 0) is 24.1 Å². The number of aromatic nitrogens is 2. The molecule has 25 heavy (non-hydrogen) atoms. The third kappa shape index (κ3) is 4.00. The second-order valence-corrected chi connectivity index (χ2v) is 6.79. The van der Waals surface area contributed by atoms with E-state index in [9.17, 15) is 9.59 Å². The minimum absolute atomic E-state index is 0.0732. The van der Waals surface area contributed by atoms with Crippen molar-refractivity contribution < 1.29 is 9.59 Å². The SMILES string of the molecule is CC(=O)N1CCC(N)(C(=O)Nc2cnn(Cc3ccc(Cl)cc3)c2)C1. The molecule has 1 fully saturated rings. The average molecular weight is 362 g/mol. The molecule has 0 spiro atoms. The lowest BCUT2D eigenvalue weighted by molar-refractivity contribution is -0.128.